The van der Waals surface area contributed by atoms with Gasteiger partial charge in [-0.1, -0.05) is 6.92 Å². The van der Waals surface area contributed by atoms with E-state index in [0.29, 0.717) is 25.9 Å². The van der Waals surface area contributed by atoms with Crippen LogP contribution in [0.2, 0.25) is 0 Å². The van der Waals surface area contributed by atoms with E-state index < -0.39 is 10.0 Å². The zero-order valence-electron chi connectivity index (χ0n) is 7.73. The van der Waals surface area contributed by atoms with E-state index in [1.54, 1.807) is 0 Å². The van der Waals surface area contributed by atoms with Gasteiger partial charge in [0.05, 0.1) is 11.8 Å². The van der Waals surface area contributed by atoms with Crippen molar-refractivity contribution in [3.05, 3.63) is 0 Å². The summed E-state index contributed by atoms with van der Waals surface area (Å²) in [7, 11) is -2.99. The molecule has 4 nitrogen and oxygen atoms in total. The molecule has 0 N–H and O–H groups in total. The summed E-state index contributed by atoms with van der Waals surface area (Å²) in [6.45, 7) is 3.05. The van der Waals surface area contributed by atoms with Crippen molar-refractivity contribution in [2.24, 2.45) is 5.92 Å². The molecular formula is C8H14N2O2S. The minimum atomic E-state index is -2.99. The molecule has 1 aliphatic heterocycles. The third-order valence-corrected chi connectivity index (χ3v) is 4.21. The Morgan fingerprint density at radius 2 is 2.31 bits per heavy atom. The molecule has 0 aromatic heterocycles. The van der Waals surface area contributed by atoms with Gasteiger partial charge in [-0.3, -0.25) is 0 Å². The topological polar surface area (TPSA) is 61.2 Å². The molecule has 0 saturated carbocycles. The van der Waals surface area contributed by atoms with E-state index >= 15 is 0 Å². The number of nitrogens with zero attached hydrogens (tertiary/aromatic N) is 2. The van der Waals surface area contributed by atoms with Gasteiger partial charge >= 0.3 is 0 Å². The average molecular weight is 202 g/mol. The SMILES string of the molecule is CC1CN(CCCC#N)S(=O)(=O)C1. The molecule has 1 heterocycles. The van der Waals surface area contributed by atoms with Gasteiger partial charge in [0.1, 0.15) is 0 Å². The molecule has 1 atom stereocenters. The number of nitriles is 1. The molecule has 1 aliphatic rings. The van der Waals surface area contributed by atoms with Crippen molar-refractivity contribution in [3.63, 3.8) is 0 Å². The van der Waals surface area contributed by atoms with Crippen LogP contribution < -0.4 is 0 Å². The van der Waals surface area contributed by atoms with E-state index in [1.807, 2.05) is 13.0 Å². The zero-order chi connectivity index (χ0) is 9.90. The summed E-state index contributed by atoms with van der Waals surface area (Å²) in [6.07, 6.45) is 1.07. The fourth-order valence-electron chi connectivity index (χ4n) is 1.54. The lowest BCUT2D eigenvalue weighted by molar-refractivity contribution is 0.409. The minimum absolute atomic E-state index is 0.229. The Balaban J connectivity index is 2.47. The van der Waals surface area contributed by atoms with E-state index in [0.717, 1.165) is 0 Å². The van der Waals surface area contributed by atoms with Crippen LogP contribution >= 0.6 is 0 Å². The van der Waals surface area contributed by atoms with Crippen LogP contribution in [0, 0.1) is 17.2 Å². The highest BCUT2D eigenvalue weighted by Gasteiger charge is 2.32. The molecule has 0 radical (unpaired) electrons. The second-order valence-corrected chi connectivity index (χ2v) is 5.52. The second kappa shape index (κ2) is 4.07. The van der Waals surface area contributed by atoms with Crippen molar-refractivity contribution in [1.82, 2.24) is 4.31 Å². The predicted molar refractivity (Wildman–Crippen MR) is 49.4 cm³/mol. The van der Waals surface area contributed by atoms with Crippen LogP contribution in [-0.2, 0) is 10.0 Å². The van der Waals surface area contributed by atoms with Gasteiger partial charge in [0.2, 0.25) is 10.0 Å². The molecule has 1 saturated heterocycles. The number of rotatable bonds is 3. The third-order valence-electron chi connectivity index (χ3n) is 2.10. The van der Waals surface area contributed by atoms with E-state index in [4.69, 9.17) is 5.26 Å². The Hall–Kier alpha value is -0.600. The van der Waals surface area contributed by atoms with Gasteiger partial charge in [-0.05, 0) is 12.3 Å². The summed E-state index contributed by atoms with van der Waals surface area (Å²) in [4.78, 5) is 0. The molecule has 0 spiro atoms. The van der Waals surface area contributed by atoms with Crippen molar-refractivity contribution < 1.29 is 8.42 Å². The maximum atomic E-state index is 11.4. The number of sulfonamides is 1. The summed E-state index contributed by atoms with van der Waals surface area (Å²) in [5, 5.41) is 8.30. The predicted octanol–water partition coefficient (Wildman–Crippen LogP) is 0.572. The molecule has 0 amide bonds. The molecule has 5 heteroatoms. The Morgan fingerprint density at radius 1 is 1.62 bits per heavy atom. The molecule has 13 heavy (non-hydrogen) atoms. The van der Waals surface area contributed by atoms with E-state index in [1.165, 1.54) is 4.31 Å². The minimum Gasteiger partial charge on any atom is -0.212 e. The second-order valence-electron chi connectivity index (χ2n) is 3.50. The first-order chi connectivity index (χ1) is 6.06. The standard InChI is InChI=1S/C8H14N2O2S/c1-8-6-10(5-3-2-4-9)13(11,12)7-8/h8H,2-3,5-7H2,1H3. The smallest absolute Gasteiger partial charge is 0.212 e. The molecule has 0 aromatic rings. The molecule has 0 aromatic carbocycles. The van der Waals surface area contributed by atoms with Gasteiger partial charge < -0.3 is 0 Å². The zero-order valence-corrected chi connectivity index (χ0v) is 8.55. The van der Waals surface area contributed by atoms with Gasteiger partial charge in [-0.2, -0.15) is 5.26 Å². The summed E-state index contributed by atoms with van der Waals surface area (Å²) >= 11 is 0. The lowest BCUT2D eigenvalue weighted by atomic mass is 10.2. The van der Waals surface area contributed by atoms with Crippen LogP contribution in [-0.4, -0.2) is 31.6 Å². The molecular weight excluding hydrogens is 188 g/mol. The van der Waals surface area contributed by atoms with Gasteiger partial charge in [0.25, 0.3) is 0 Å². The lowest BCUT2D eigenvalue weighted by Gasteiger charge is -2.12. The molecule has 1 unspecified atom stereocenters. The van der Waals surface area contributed by atoms with Gasteiger partial charge in [-0.15, -0.1) is 0 Å². The quantitative estimate of drug-likeness (QED) is 0.629. The van der Waals surface area contributed by atoms with Crippen LogP contribution in [0.1, 0.15) is 19.8 Å². The fourth-order valence-corrected chi connectivity index (χ4v) is 3.47. The fraction of sp³-hybridized carbons (Fsp3) is 0.875. The van der Waals surface area contributed by atoms with E-state index in [9.17, 15) is 8.42 Å². The molecule has 1 rings (SSSR count). The summed E-state index contributed by atoms with van der Waals surface area (Å²) < 4.78 is 24.3. The first-order valence-corrected chi connectivity index (χ1v) is 6.02. The normalized spacial score (nSPS) is 27.2. The van der Waals surface area contributed by atoms with Crippen LogP contribution in [0.5, 0.6) is 0 Å². The van der Waals surface area contributed by atoms with Gasteiger partial charge in [0, 0.05) is 19.5 Å². The van der Waals surface area contributed by atoms with Crippen molar-refractivity contribution in [3.8, 4) is 6.07 Å². The van der Waals surface area contributed by atoms with Crippen molar-refractivity contribution in [2.45, 2.75) is 19.8 Å². The average Bonchev–Trinajstić information content (AvgIpc) is 2.25. The van der Waals surface area contributed by atoms with Crippen molar-refractivity contribution in [2.75, 3.05) is 18.8 Å². The van der Waals surface area contributed by atoms with Crippen molar-refractivity contribution in [1.29, 1.82) is 5.26 Å². The highest BCUT2D eigenvalue weighted by molar-refractivity contribution is 7.89. The Bertz CT molecular complexity index is 305. The summed E-state index contributed by atoms with van der Waals surface area (Å²) in [5.41, 5.74) is 0. The van der Waals surface area contributed by atoms with Gasteiger partial charge in [0.15, 0.2) is 0 Å². The Labute approximate surface area is 79.2 Å². The van der Waals surface area contributed by atoms with Crippen LogP contribution in [0.15, 0.2) is 0 Å². The van der Waals surface area contributed by atoms with Crippen LogP contribution in [0.3, 0.4) is 0 Å². The molecule has 0 bridgehead atoms. The van der Waals surface area contributed by atoms with E-state index in [-0.39, 0.29) is 11.7 Å². The maximum absolute atomic E-state index is 11.4. The number of unbranched alkanes of at least 4 members (excludes halogenated alkanes) is 1. The Kier molecular flexibility index (Phi) is 3.28. The molecule has 74 valence electrons. The summed E-state index contributed by atoms with van der Waals surface area (Å²) in [5.74, 6) is 0.492. The number of hydrogen-bond acceptors (Lipinski definition) is 3. The van der Waals surface area contributed by atoms with E-state index in [2.05, 4.69) is 0 Å². The Morgan fingerprint density at radius 3 is 2.77 bits per heavy atom. The maximum Gasteiger partial charge on any atom is 0.214 e. The molecule has 1 fully saturated rings. The monoisotopic (exact) mass is 202 g/mol. The largest absolute Gasteiger partial charge is 0.214 e. The first kappa shape index (κ1) is 10.5. The number of hydrogen-bond donors (Lipinski definition) is 0. The third kappa shape index (κ3) is 2.68. The highest BCUT2D eigenvalue weighted by Crippen LogP contribution is 2.18. The van der Waals surface area contributed by atoms with Crippen LogP contribution in [0.25, 0.3) is 0 Å². The van der Waals surface area contributed by atoms with Crippen molar-refractivity contribution >= 4 is 10.0 Å². The van der Waals surface area contributed by atoms with Crippen LogP contribution in [0.4, 0.5) is 0 Å². The molecule has 0 aliphatic carbocycles. The van der Waals surface area contributed by atoms with Gasteiger partial charge in [-0.25, -0.2) is 12.7 Å². The lowest BCUT2D eigenvalue weighted by Crippen LogP contribution is -2.26. The highest BCUT2D eigenvalue weighted by atomic mass is 32.2. The first-order valence-electron chi connectivity index (χ1n) is 4.41. The summed E-state index contributed by atoms with van der Waals surface area (Å²) in [6, 6.07) is 2.01.